The van der Waals surface area contributed by atoms with Crippen LogP contribution in [0.4, 0.5) is 18.0 Å². The molecule has 0 aliphatic carbocycles. The molecule has 0 radical (unpaired) electrons. The largest absolute Gasteiger partial charge is 0.443 e. The zero-order valence-corrected chi connectivity index (χ0v) is 12.4. The Morgan fingerprint density at radius 1 is 1.19 bits per heavy atom. The minimum absolute atomic E-state index is 0.483. The normalized spacial score (nSPS) is 13.7. The number of nitrogens with zero attached hydrogens (tertiary/aromatic N) is 1. The third-order valence-corrected chi connectivity index (χ3v) is 2.74. The molecule has 0 saturated heterocycles. The molecule has 0 heterocycles. The number of hydrogen-bond donors (Lipinski definition) is 1. The monoisotopic (exact) mass is 304 g/mol. The Morgan fingerprint density at radius 2 is 1.67 bits per heavy atom. The molecule has 0 fully saturated rings. The molecule has 1 rings (SSSR count). The van der Waals surface area contributed by atoms with Gasteiger partial charge >= 0.3 is 12.3 Å². The molecule has 2 N–H and O–H groups in total. The van der Waals surface area contributed by atoms with Crippen molar-refractivity contribution in [2.45, 2.75) is 45.5 Å². The molecule has 4 nitrogen and oxygen atoms in total. The van der Waals surface area contributed by atoms with Crippen molar-refractivity contribution in [3.05, 3.63) is 35.4 Å². The molecule has 1 amide bonds. The summed E-state index contributed by atoms with van der Waals surface area (Å²) < 4.78 is 42.6. The van der Waals surface area contributed by atoms with E-state index in [1.165, 1.54) is 12.1 Å². The van der Waals surface area contributed by atoms with Gasteiger partial charge < -0.3 is 4.74 Å². The predicted octanol–water partition coefficient (Wildman–Crippen LogP) is 3.88. The maximum absolute atomic E-state index is 12.5. The van der Waals surface area contributed by atoms with Crippen LogP contribution in [0.15, 0.2) is 24.3 Å². The second-order valence-electron chi connectivity index (χ2n) is 5.68. The third-order valence-electron chi connectivity index (χ3n) is 2.74. The number of halogens is 3. The van der Waals surface area contributed by atoms with Gasteiger partial charge in [0.15, 0.2) is 0 Å². The van der Waals surface area contributed by atoms with Gasteiger partial charge in [-0.05, 0) is 45.4 Å². The van der Waals surface area contributed by atoms with Gasteiger partial charge in [0, 0.05) is 0 Å². The van der Waals surface area contributed by atoms with Gasteiger partial charge in [-0.2, -0.15) is 13.2 Å². The Bertz CT molecular complexity index is 492. The van der Waals surface area contributed by atoms with Crippen LogP contribution in [0, 0.1) is 0 Å². The van der Waals surface area contributed by atoms with Gasteiger partial charge in [-0.3, -0.25) is 0 Å². The number of carbonyl (C=O) groups is 1. The van der Waals surface area contributed by atoms with E-state index in [4.69, 9.17) is 10.6 Å². The summed E-state index contributed by atoms with van der Waals surface area (Å²) in [5.41, 5.74) is -0.968. The summed E-state index contributed by atoms with van der Waals surface area (Å²) in [5.74, 6) is 5.66. The summed E-state index contributed by atoms with van der Waals surface area (Å²) in [6, 6.07) is 3.88. The Labute approximate surface area is 121 Å². The number of ether oxygens (including phenoxy) is 1. The number of benzene rings is 1. The van der Waals surface area contributed by atoms with Crippen LogP contribution in [0.1, 0.15) is 44.9 Å². The van der Waals surface area contributed by atoms with Gasteiger partial charge in [0.2, 0.25) is 0 Å². The number of amides is 1. The van der Waals surface area contributed by atoms with Crippen molar-refractivity contribution in [3.8, 4) is 0 Å². The highest BCUT2D eigenvalue weighted by Gasteiger charge is 2.31. The Balaban J connectivity index is 2.83. The first kappa shape index (κ1) is 17.3. The van der Waals surface area contributed by atoms with E-state index in [1.807, 2.05) is 0 Å². The molecule has 0 aliphatic rings. The molecule has 1 aromatic rings. The van der Waals surface area contributed by atoms with Crippen LogP contribution >= 0.6 is 0 Å². The standard InChI is InChI=1S/C14H19F3N2O2/c1-9(19(18)12(20)21-13(2,3)4)10-5-7-11(8-6-10)14(15,16)17/h5-9H,18H2,1-4H3. The molecule has 0 spiro atoms. The topological polar surface area (TPSA) is 55.6 Å². The number of hydrazine groups is 1. The number of rotatable bonds is 2. The Hall–Kier alpha value is -1.76. The molecule has 0 aromatic heterocycles. The van der Waals surface area contributed by atoms with Gasteiger partial charge in [0.1, 0.15) is 5.60 Å². The van der Waals surface area contributed by atoms with Crippen LogP contribution in [0.25, 0.3) is 0 Å². The van der Waals surface area contributed by atoms with Gasteiger partial charge in [-0.15, -0.1) is 0 Å². The van der Waals surface area contributed by atoms with Crippen LogP contribution in [-0.4, -0.2) is 16.7 Å². The minimum Gasteiger partial charge on any atom is -0.443 e. The Kier molecular flexibility index (Phi) is 4.88. The van der Waals surface area contributed by atoms with E-state index in [2.05, 4.69) is 0 Å². The zero-order chi connectivity index (χ0) is 16.4. The SMILES string of the molecule is CC(c1ccc(C(F)(F)F)cc1)N(N)C(=O)OC(C)(C)C. The molecule has 0 saturated carbocycles. The maximum atomic E-state index is 12.5. The number of alkyl halides is 3. The zero-order valence-electron chi connectivity index (χ0n) is 12.4. The summed E-state index contributed by atoms with van der Waals surface area (Å²) in [6.45, 7) is 6.69. The van der Waals surface area contributed by atoms with E-state index < -0.39 is 29.5 Å². The number of hydrogen-bond acceptors (Lipinski definition) is 3. The first-order valence-electron chi connectivity index (χ1n) is 6.36. The summed E-state index contributed by atoms with van der Waals surface area (Å²) in [7, 11) is 0. The van der Waals surface area contributed by atoms with E-state index >= 15 is 0 Å². The van der Waals surface area contributed by atoms with Crippen LogP contribution in [-0.2, 0) is 10.9 Å². The molecule has 0 aliphatic heterocycles. The lowest BCUT2D eigenvalue weighted by atomic mass is 10.1. The van der Waals surface area contributed by atoms with E-state index in [-0.39, 0.29) is 0 Å². The van der Waals surface area contributed by atoms with Crippen molar-refractivity contribution in [2.24, 2.45) is 5.84 Å². The first-order valence-corrected chi connectivity index (χ1v) is 6.36. The smallest absolute Gasteiger partial charge is 0.425 e. The summed E-state index contributed by atoms with van der Waals surface area (Å²) in [6.07, 6.45) is -5.13. The number of carbonyl (C=O) groups excluding carboxylic acids is 1. The minimum atomic E-state index is -4.39. The fraction of sp³-hybridized carbons (Fsp3) is 0.500. The lowest BCUT2D eigenvalue weighted by Crippen LogP contribution is -2.43. The molecule has 21 heavy (non-hydrogen) atoms. The maximum Gasteiger partial charge on any atom is 0.425 e. The fourth-order valence-electron chi connectivity index (χ4n) is 1.58. The summed E-state index contributed by atoms with van der Waals surface area (Å²) in [4.78, 5) is 11.8. The third kappa shape index (κ3) is 4.93. The highest BCUT2D eigenvalue weighted by molar-refractivity contribution is 5.68. The van der Waals surface area contributed by atoms with Gasteiger partial charge in [0.25, 0.3) is 0 Å². The first-order chi connectivity index (χ1) is 9.42. The average Bonchev–Trinajstić information content (AvgIpc) is 2.34. The molecule has 0 bridgehead atoms. The van der Waals surface area contributed by atoms with Crippen LogP contribution < -0.4 is 5.84 Å². The second-order valence-corrected chi connectivity index (χ2v) is 5.68. The highest BCUT2D eigenvalue weighted by atomic mass is 19.4. The molecule has 1 atom stereocenters. The molecule has 7 heteroatoms. The van der Waals surface area contributed by atoms with Gasteiger partial charge in [0.05, 0.1) is 11.6 Å². The van der Waals surface area contributed by atoms with E-state index in [9.17, 15) is 18.0 Å². The lowest BCUT2D eigenvalue weighted by molar-refractivity contribution is -0.137. The molecular formula is C14H19F3N2O2. The summed E-state index contributed by atoms with van der Waals surface area (Å²) >= 11 is 0. The molecule has 1 aromatic carbocycles. The Morgan fingerprint density at radius 3 is 2.05 bits per heavy atom. The average molecular weight is 304 g/mol. The van der Waals surface area contributed by atoms with Crippen LogP contribution in [0.5, 0.6) is 0 Å². The van der Waals surface area contributed by atoms with Crippen molar-refractivity contribution >= 4 is 6.09 Å². The van der Waals surface area contributed by atoms with Crippen LogP contribution in [0.3, 0.4) is 0 Å². The predicted molar refractivity (Wildman–Crippen MR) is 72.1 cm³/mol. The quantitative estimate of drug-likeness (QED) is 0.512. The van der Waals surface area contributed by atoms with Crippen molar-refractivity contribution in [1.82, 2.24) is 5.01 Å². The van der Waals surface area contributed by atoms with Crippen molar-refractivity contribution < 1.29 is 22.7 Å². The lowest BCUT2D eigenvalue weighted by Gasteiger charge is -2.28. The second kappa shape index (κ2) is 5.93. The summed E-state index contributed by atoms with van der Waals surface area (Å²) in [5, 5.41) is 0.855. The van der Waals surface area contributed by atoms with Crippen molar-refractivity contribution in [1.29, 1.82) is 0 Å². The van der Waals surface area contributed by atoms with E-state index in [1.54, 1.807) is 27.7 Å². The van der Waals surface area contributed by atoms with E-state index in [0.29, 0.717) is 5.56 Å². The van der Waals surface area contributed by atoms with Crippen molar-refractivity contribution in [3.63, 3.8) is 0 Å². The molecule has 118 valence electrons. The number of nitrogens with two attached hydrogens (primary N) is 1. The van der Waals surface area contributed by atoms with E-state index in [0.717, 1.165) is 17.1 Å². The van der Waals surface area contributed by atoms with Crippen LogP contribution in [0.2, 0.25) is 0 Å². The molecule has 1 unspecified atom stereocenters. The fourth-order valence-corrected chi connectivity index (χ4v) is 1.58. The van der Waals surface area contributed by atoms with Crippen molar-refractivity contribution in [2.75, 3.05) is 0 Å². The highest BCUT2D eigenvalue weighted by Crippen LogP contribution is 2.30. The molecular weight excluding hydrogens is 285 g/mol. The van der Waals surface area contributed by atoms with Gasteiger partial charge in [-0.1, -0.05) is 12.1 Å². The van der Waals surface area contributed by atoms with Gasteiger partial charge in [-0.25, -0.2) is 15.6 Å².